The molecule has 2 N–H and O–H groups in total. The molecule has 148 valence electrons. The standard InChI is InChI=1S/C22H20N8/c1-11-12(2)20-26-16-8-6-10-18(24-16)28-22-14(4)13(3)21(30-22)27-17-9-5-7-15(23-17)25-19(11)29-20/h5-10H,1-4H3,(H2,23,24,25,26,27,28,29,30). The molecule has 8 nitrogen and oxygen atoms in total. The molecule has 0 aliphatic carbocycles. The van der Waals surface area contributed by atoms with Crippen LogP contribution in [0.1, 0.15) is 22.3 Å². The number of H-pyrrole nitrogens is 2. The third kappa shape index (κ3) is 3.12. The molecule has 0 amide bonds. The maximum absolute atomic E-state index is 4.69. The minimum atomic E-state index is 0.574. The second-order valence-corrected chi connectivity index (χ2v) is 7.30. The summed E-state index contributed by atoms with van der Waals surface area (Å²) >= 11 is 0. The lowest BCUT2D eigenvalue weighted by Gasteiger charge is -1.91. The number of fused-ring (bicyclic) bond motifs is 8. The lowest BCUT2D eigenvalue weighted by Crippen LogP contribution is -1.85. The zero-order valence-corrected chi connectivity index (χ0v) is 17.1. The van der Waals surface area contributed by atoms with Gasteiger partial charge in [0, 0.05) is 0 Å². The van der Waals surface area contributed by atoms with Crippen LogP contribution in [0.5, 0.6) is 0 Å². The predicted octanol–water partition coefficient (Wildman–Crippen LogP) is 4.25. The topological polar surface area (TPSA) is 109 Å². The second-order valence-electron chi connectivity index (χ2n) is 7.30. The van der Waals surface area contributed by atoms with Gasteiger partial charge in [0.2, 0.25) is 0 Å². The largest absolute Gasteiger partial charge is 0.324 e. The monoisotopic (exact) mass is 396 g/mol. The molecule has 0 aromatic carbocycles. The fourth-order valence-corrected chi connectivity index (χ4v) is 3.29. The van der Waals surface area contributed by atoms with E-state index in [0.29, 0.717) is 22.6 Å². The Labute approximate surface area is 171 Å². The van der Waals surface area contributed by atoms with Crippen molar-refractivity contribution in [2.45, 2.75) is 27.7 Å². The van der Waals surface area contributed by atoms with Gasteiger partial charge in [-0.05, 0) is 74.2 Å². The van der Waals surface area contributed by atoms with E-state index >= 15 is 0 Å². The van der Waals surface area contributed by atoms with E-state index in [-0.39, 0.29) is 0 Å². The minimum absolute atomic E-state index is 0.574. The van der Waals surface area contributed by atoms with E-state index in [0.717, 1.165) is 44.8 Å². The summed E-state index contributed by atoms with van der Waals surface area (Å²) in [4.78, 5) is 34.5. The molecule has 5 aromatic rings. The van der Waals surface area contributed by atoms with E-state index in [1.807, 2.05) is 64.1 Å². The van der Waals surface area contributed by atoms with Gasteiger partial charge in [-0.3, -0.25) is 0 Å². The number of aromatic amines is 2. The number of hydrogen-bond acceptors (Lipinski definition) is 6. The molecule has 0 radical (unpaired) electrons. The summed E-state index contributed by atoms with van der Waals surface area (Å²) in [7, 11) is 0. The first-order valence-corrected chi connectivity index (χ1v) is 9.67. The van der Waals surface area contributed by atoms with E-state index in [4.69, 9.17) is 0 Å². The van der Waals surface area contributed by atoms with Crippen LogP contribution in [0.15, 0.2) is 36.4 Å². The van der Waals surface area contributed by atoms with Crippen LogP contribution in [0.3, 0.4) is 0 Å². The van der Waals surface area contributed by atoms with Gasteiger partial charge < -0.3 is 9.97 Å². The van der Waals surface area contributed by atoms with Crippen LogP contribution in [-0.2, 0) is 0 Å². The van der Waals surface area contributed by atoms with Gasteiger partial charge in [0.25, 0.3) is 0 Å². The maximum atomic E-state index is 4.69. The second kappa shape index (κ2) is 6.84. The highest BCUT2D eigenvalue weighted by molar-refractivity contribution is 5.69. The summed E-state index contributed by atoms with van der Waals surface area (Å²) in [6.45, 7) is 8.05. The lowest BCUT2D eigenvalue weighted by molar-refractivity contribution is 1.23. The Kier molecular flexibility index (Phi) is 4.13. The first kappa shape index (κ1) is 18.1. The Balaban J connectivity index is 1.99. The first-order valence-electron chi connectivity index (χ1n) is 9.67. The molecule has 0 saturated carbocycles. The zero-order chi connectivity index (χ0) is 20.8. The molecule has 0 aliphatic rings. The fraction of sp³-hybridized carbons (Fsp3) is 0.182. The Bertz CT molecular complexity index is 1320. The number of aryl methyl sites for hydroxylation is 4. The quantitative estimate of drug-likeness (QED) is 0.405. The number of nitrogens with one attached hydrogen (secondary N) is 2. The summed E-state index contributed by atoms with van der Waals surface area (Å²) in [6.07, 6.45) is 0. The van der Waals surface area contributed by atoms with E-state index in [9.17, 15) is 0 Å². The molecule has 5 rings (SSSR count). The highest BCUT2D eigenvalue weighted by Crippen LogP contribution is 2.18. The summed E-state index contributed by atoms with van der Waals surface area (Å²) in [5.74, 6) is 0. The van der Waals surface area contributed by atoms with Gasteiger partial charge in [-0.25, -0.2) is 29.9 Å². The van der Waals surface area contributed by atoms with Crippen molar-refractivity contribution < 1.29 is 0 Å². The molecule has 0 spiro atoms. The van der Waals surface area contributed by atoms with Crippen LogP contribution < -0.4 is 0 Å². The molecule has 0 atom stereocenters. The van der Waals surface area contributed by atoms with Crippen molar-refractivity contribution in [1.82, 2.24) is 39.9 Å². The van der Waals surface area contributed by atoms with Gasteiger partial charge in [-0.15, -0.1) is 0 Å². The smallest absolute Gasteiger partial charge is 0.156 e. The van der Waals surface area contributed by atoms with Crippen LogP contribution in [0.25, 0.3) is 45.2 Å². The molecule has 5 heterocycles. The van der Waals surface area contributed by atoms with Crippen molar-refractivity contribution in [1.29, 1.82) is 0 Å². The molecule has 5 aromatic heterocycles. The highest BCUT2D eigenvalue weighted by Gasteiger charge is 2.07. The number of hydrogen-bond donors (Lipinski definition) is 2. The summed E-state index contributed by atoms with van der Waals surface area (Å²) in [5.41, 5.74) is 9.25. The van der Waals surface area contributed by atoms with E-state index in [1.165, 1.54) is 0 Å². The molecule has 8 heteroatoms. The van der Waals surface area contributed by atoms with Crippen molar-refractivity contribution in [2.75, 3.05) is 0 Å². The van der Waals surface area contributed by atoms with Crippen LogP contribution >= 0.6 is 0 Å². The lowest BCUT2D eigenvalue weighted by atomic mass is 10.2. The van der Waals surface area contributed by atoms with Gasteiger partial charge in [0.1, 0.15) is 22.6 Å². The molecular weight excluding hydrogens is 376 g/mol. The Morgan fingerprint density at radius 1 is 0.433 bits per heavy atom. The summed E-state index contributed by atoms with van der Waals surface area (Å²) in [6, 6.07) is 11.2. The molecule has 0 aliphatic heterocycles. The van der Waals surface area contributed by atoms with Gasteiger partial charge in [0.15, 0.2) is 22.6 Å². The number of pyridine rings is 2. The van der Waals surface area contributed by atoms with Gasteiger partial charge in [-0.1, -0.05) is 12.1 Å². The molecule has 8 bridgehead atoms. The molecule has 0 fully saturated rings. The minimum Gasteiger partial charge on any atom is -0.324 e. The number of aromatic nitrogens is 8. The third-order valence-corrected chi connectivity index (χ3v) is 5.36. The predicted molar refractivity (Wildman–Crippen MR) is 117 cm³/mol. The SMILES string of the molecule is Cc1c(C)c2nc3cccc(n3)nc3[nH]c(nc4cccc(n4)nc1[nH]2)c(C)c3C. The fourth-order valence-electron chi connectivity index (χ4n) is 3.29. The summed E-state index contributed by atoms with van der Waals surface area (Å²) in [5, 5.41) is 0. The van der Waals surface area contributed by atoms with Crippen molar-refractivity contribution in [2.24, 2.45) is 0 Å². The van der Waals surface area contributed by atoms with Gasteiger partial charge >= 0.3 is 0 Å². The van der Waals surface area contributed by atoms with Crippen LogP contribution in [-0.4, -0.2) is 39.9 Å². The molecule has 30 heavy (non-hydrogen) atoms. The van der Waals surface area contributed by atoms with Gasteiger partial charge in [-0.2, -0.15) is 0 Å². The Morgan fingerprint density at radius 2 is 0.700 bits per heavy atom. The van der Waals surface area contributed by atoms with E-state index in [1.54, 1.807) is 0 Å². The molecule has 0 saturated heterocycles. The zero-order valence-electron chi connectivity index (χ0n) is 17.1. The molecular formula is C22H20N8. The van der Waals surface area contributed by atoms with E-state index in [2.05, 4.69) is 39.9 Å². The van der Waals surface area contributed by atoms with Crippen molar-refractivity contribution in [3.05, 3.63) is 58.7 Å². The van der Waals surface area contributed by atoms with Crippen molar-refractivity contribution in [3.8, 4) is 0 Å². The summed E-state index contributed by atoms with van der Waals surface area (Å²) < 4.78 is 0. The first-order chi connectivity index (χ1) is 14.5. The molecule has 0 unspecified atom stereocenters. The average Bonchev–Trinajstić information content (AvgIpc) is 3.13. The average molecular weight is 396 g/mol. The van der Waals surface area contributed by atoms with Crippen LogP contribution in [0, 0.1) is 27.7 Å². The maximum Gasteiger partial charge on any atom is 0.156 e. The van der Waals surface area contributed by atoms with Crippen molar-refractivity contribution in [3.63, 3.8) is 0 Å². The van der Waals surface area contributed by atoms with Crippen LogP contribution in [0.4, 0.5) is 0 Å². The third-order valence-electron chi connectivity index (χ3n) is 5.36. The number of rotatable bonds is 0. The Hall–Kier alpha value is -3.94. The normalized spacial score (nSPS) is 11.3. The van der Waals surface area contributed by atoms with Crippen molar-refractivity contribution >= 4 is 45.2 Å². The van der Waals surface area contributed by atoms with Crippen LogP contribution in [0.2, 0.25) is 0 Å². The highest BCUT2D eigenvalue weighted by atomic mass is 15.0. The van der Waals surface area contributed by atoms with E-state index < -0.39 is 0 Å². The number of nitrogens with zero attached hydrogens (tertiary/aromatic N) is 6. The Morgan fingerprint density at radius 3 is 0.967 bits per heavy atom. The van der Waals surface area contributed by atoms with Gasteiger partial charge in [0.05, 0.1) is 0 Å².